The van der Waals surface area contributed by atoms with E-state index in [-0.39, 0.29) is 11.7 Å². The van der Waals surface area contributed by atoms with E-state index in [0.717, 1.165) is 17.1 Å². The van der Waals surface area contributed by atoms with Crippen LogP contribution in [0.4, 0.5) is 5.69 Å². The first-order valence-electron chi connectivity index (χ1n) is 8.96. The van der Waals surface area contributed by atoms with Crippen LogP contribution in [0.15, 0.2) is 59.6 Å². The van der Waals surface area contributed by atoms with Crippen molar-refractivity contribution in [1.29, 1.82) is 0 Å². The summed E-state index contributed by atoms with van der Waals surface area (Å²) < 4.78 is 5.16. The molecule has 0 aliphatic carbocycles. The summed E-state index contributed by atoms with van der Waals surface area (Å²) in [5.74, 6) is 2.15. The SMILES string of the molecule is CNC(=O)c1cccc(N=C(N)/C=C\c2n[nH]c(Cc3ccc(OC)cc3)n2)c1. The maximum atomic E-state index is 11.7. The Bertz CT molecular complexity index is 1040. The van der Waals surface area contributed by atoms with Gasteiger partial charge in [-0.25, -0.2) is 9.98 Å². The van der Waals surface area contributed by atoms with Gasteiger partial charge in [-0.2, -0.15) is 5.10 Å². The van der Waals surface area contributed by atoms with Crippen molar-refractivity contribution in [3.63, 3.8) is 0 Å². The molecule has 0 bridgehead atoms. The molecule has 0 saturated carbocycles. The van der Waals surface area contributed by atoms with Crippen molar-refractivity contribution >= 4 is 23.5 Å². The minimum absolute atomic E-state index is 0.179. The van der Waals surface area contributed by atoms with Crippen molar-refractivity contribution in [3.05, 3.63) is 77.4 Å². The number of aromatic amines is 1. The molecule has 8 heteroatoms. The van der Waals surface area contributed by atoms with Crippen LogP contribution in [0.3, 0.4) is 0 Å². The van der Waals surface area contributed by atoms with Gasteiger partial charge in [-0.3, -0.25) is 9.89 Å². The van der Waals surface area contributed by atoms with E-state index in [9.17, 15) is 4.79 Å². The molecule has 0 radical (unpaired) electrons. The molecular weight excluding hydrogens is 368 g/mol. The Balaban J connectivity index is 1.65. The molecule has 4 N–H and O–H groups in total. The number of aromatic nitrogens is 3. The molecule has 2 aromatic carbocycles. The van der Waals surface area contributed by atoms with Gasteiger partial charge in [0.15, 0.2) is 5.82 Å². The molecular formula is C21H22N6O2. The summed E-state index contributed by atoms with van der Waals surface area (Å²) in [5, 5.41) is 9.65. The number of amides is 1. The van der Waals surface area contributed by atoms with Gasteiger partial charge in [0.05, 0.1) is 12.8 Å². The van der Waals surface area contributed by atoms with Crippen LogP contribution in [-0.4, -0.2) is 41.1 Å². The molecule has 0 aliphatic heterocycles. The van der Waals surface area contributed by atoms with Gasteiger partial charge in [-0.1, -0.05) is 18.2 Å². The second-order valence-electron chi connectivity index (χ2n) is 6.16. The normalized spacial score (nSPS) is 11.6. The number of benzene rings is 2. The molecule has 8 nitrogen and oxygen atoms in total. The van der Waals surface area contributed by atoms with E-state index in [1.807, 2.05) is 24.3 Å². The van der Waals surface area contributed by atoms with Crippen LogP contribution in [0.1, 0.15) is 27.6 Å². The Labute approximate surface area is 168 Å². The standard InChI is InChI=1S/C21H22N6O2/c1-23-21(28)15-4-3-5-16(13-15)24-18(22)10-11-19-25-20(27-26-19)12-14-6-8-17(29-2)9-7-14/h3-11,13H,12H2,1-2H3,(H2,22,24)(H,23,28)(H,25,26,27)/b11-10-. The number of carbonyl (C=O) groups is 1. The summed E-state index contributed by atoms with van der Waals surface area (Å²) in [6.07, 6.45) is 3.92. The molecule has 0 saturated heterocycles. The lowest BCUT2D eigenvalue weighted by molar-refractivity contribution is 0.0963. The number of methoxy groups -OCH3 is 1. The first-order valence-corrected chi connectivity index (χ1v) is 8.96. The quantitative estimate of drug-likeness (QED) is 0.423. The predicted molar refractivity (Wildman–Crippen MR) is 112 cm³/mol. The Morgan fingerprint density at radius 3 is 2.79 bits per heavy atom. The van der Waals surface area contributed by atoms with Crippen LogP contribution >= 0.6 is 0 Å². The number of nitrogens with one attached hydrogen (secondary N) is 2. The highest BCUT2D eigenvalue weighted by atomic mass is 16.5. The molecule has 0 unspecified atom stereocenters. The smallest absolute Gasteiger partial charge is 0.251 e. The third-order valence-corrected chi connectivity index (χ3v) is 4.08. The van der Waals surface area contributed by atoms with Crippen LogP contribution in [0.25, 0.3) is 6.08 Å². The lowest BCUT2D eigenvalue weighted by atomic mass is 10.1. The fourth-order valence-corrected chi connectivity index (χ4v) is 2.61. The molecule has 0 fully saturated rings. The first-order chi connectivity index (χ1) is 14.1. The highest BCUT2D eigenvalue weighted by Gasteiger charge is 2.04. The number of ether oxygens (including phenoxy) is 1. The monoisotopic (exact) mass is 390 g/mol. The molecule has 148 valence electrons. The number of aliphatic imine (C=N–C) groups is 1. The third kappa shape index (κ3) is 5.52. The van der Waals surface area contributed by atoms with Gasteiger partial charge in [0, 0.05) is 19.0 Å². The minimum atomic E-state index is -0.179. The van der Waals surface area contributed by atoms with Crippen molar-refractivity contribution in [2.24, 2.45) is 10.7 Å². The molecule has 1 aromatic heterocycles. The Morgan fingerprint density at radius 1 is 1.28 bits per heavy atom. The van der Waals surface area contributed by atoms with Crippen LogP contribution in [0.2, 0.25) is 0 Å². The van der Waals surface area contributed by atoms with Crippen molar-refractivity contribution in [2.45, 2.75) is 6.42 Å². The number of carbonyl (C=O) groups excluding carboxylic acids is 1. The second kappa shape index (κ2) is 9.32. The number of hydrogen-bond donors (Lipinski definition) is 3. The van der Waals surface area contributed by atoms with Gasteiger partial charge >= 0.3 is 0 Å². The number of nitrogens with two attached hydrogens (primary N) is 1. The van der Waals surface area contributed by atoms with Crippen LogP contribution in [0, 0.1) is 0 Å². The Kier molecular flexibility index (Phi) is 6.36. The number of rotatable bonds is 7. The van der Waals surface area contributed by atoms with E-state index < -0.39 is 0 Å². The zero-order valence-electron chi connectivity index (χ0n) is 16.2. The Morgan fingerprint density at radius 2 is 2.07 bits per heavy atom. The van der Waals surface area contributed by atoms with Crippen molar-refractivity contribution in [3.8, 4) is 5.75 Å². The van der Waals surface area contributed by atoms with Gasteiger partial charge in [0.2, 0.25) is 0 Å². The summed E-state index contributed by atoms with van der Waals surface area (Å²) in [6.45, 7) is 0. The molecule has 0 atom stereocenters. The third-order valence-electron chi connectivity index (χ3n) is 4.08. The molecule has 29 heavy (non-hydrogen) atoms. The van der Waals surface area contributed by atoms with E-state index in [1.165, 1.54) is 0 Å². The fraction of sp³-hybridized carbons (Fsp3) is 0.143. The number of hydrogen-bond acceptors (Lipinski definition) is 5. The lowest BCUT2D eigenvalue weighted by Gasteiger charge is -2.01. The van der Waals surface area contributed by atoms with Gasteiger partial charge in [-0.05, 0) is 48.0 Å². The van der Waals surface area contributed by atoms with Gasteiger partial charge in [0.1, 0.15) is 17.4 Å². The largest absolute Gasteiger partial charge is 0.497 e. The highest BCUT2D eigenvalue weighted by molar-refractivity contribution is 5.98. The van der Waals surface area contributed by atoms with Crippen molar-refractivity contribution in [1.82, 2.24) is 20.5 Å². The molecule has 0 aliphatic rings. The van der Waals surface area contributed by atoms with Crippen molar-refractivity contribution < 1.29 is 9.53 Å². The molecule has 3 rings (SSSR count). The Hall–Kier alpha value is -3.94. The first kappa shape index (κ1) is 19.8. The molecule has 0 spiro atoms. The van der Waals surface area contributed by atoms with E-state index in [2.05, 4.69) is 25.5 Å². The molecule has 3 aromatic rings. The zero-order valence-corrected chi connectivity index (χ0v) is 16.2. The van der Waals surface area contributed by atoms with Gasteiger partial charge < -0.3 is 15.8 Å². The predicted octanol–water partition coefficient (Wildman–Crippen LogP) is 2.47. The van der Waals surface area contributed by atoms with E-state index in [1.54, 1.807) is 50.6 Å². The lowest BCUT2D eigenvalue weighted by Crippen LogP contribution is -2.17. The van der Waals surface area contributed by atoms with Gasteiger partial charge in [-0.15, -0.1) is 0 Å². The molecule has 1 heterocycles. The topological polar surface area (TPSA) is 118 Å². The number of nitrogens with zero attached hydrogens (tertiary/aromatic N) is 3. The minimum Gasteiger partial charge on any atom is -0.497 e. The van der Waals surface area contributed by atoms with Crippen LogP contribution < -0.4 is 15.8 Å². The highest BCUT2D eigenvalue weighted by Crippen LogP contribution is 2.15. The number of H-pyrrole nitrogens is 1. The van der Waals surface area contributed by atoms with E-state index in [4.69, 9.17) is 10.5 Å². The maximum Gasteiger partial charge on any atom is 0.251 e. The van der Waals surface area contributed by atoms with E-state index in [0.29, 0.717) is 23.5 Å². The summed E-state index contributed by atoms with van der Waals surface area (Å²) >= 11 is 0. The second-order valence-corrected chi connectivity index (χ2v) is 6.16. The van der Waals surface area contributed by atoms with Crippen LogP contribution in [-0.2, 0) is 6.42 Å². The summed E-state index contributed by atoms with van der Waals surface area (Å²) in [7, 11) is 3.22. The zero-order chi connectivity index (χ0) is 20.6. The van der Waals surface area contributed by atoms with Gasteiger partial charge in [0.25, 0.3) is 5.91 Å². The average molecular weight is 390 g/mol. The maximum absolute atomic E-state index is 11.7. The van der Waals surface area contributed by atoms with Crippen LogP contribution in [0.5, 0.6) is 5.75 Å². The molecule has 1 amide bonds. The summed E-state index contributed by atoms with van der Waals surface area (Å²) in [6, 6.07) is 14.7. The fourth-order valence-electron chi connectivity index (χ4n) is 2.61. The number of amidine groups is 1. The van der Waals surface area contributed by atoms with Crippen molar-refractivity contribution in [2.75, 3.05) is 14.2 Å². The summed E-state index contributed by atoms with van der Waals surface area (Å²) in [5.41, 5.74) is 8.15. The van der Waals surface area contributed by atoms with E-state index >= 15 is 0 Å². The average Bonchev–Trinajstić information content (AvgIpc) is 3.19. The summed E-state index contributed by atoms with van der Waals surface area (Å²) in [4.78, 5) is 20.4.